The minimum absolute atomic E-state index is 0.148. The predicted octanol–water partition coefficient (Wildman–Crippen LogP) is 1.98. The molecular weight excluding hydrogens is 352 g/mol. The zero-order valence-electron chi connectivity index (χ0n) is 17.4. The first-order valence-corrected chi connectivity index (χ1v) is 10.7. The van der Waals surface area contributed by atoms with E-state index in [1.165, 1.54) is 6.42 Å². The van der Waals surface area contributed by atoms with Gasteiger partial charge in [0.2, 0.25) is 11.8 Å². The van der Waals surface area contributed by atoms with E-state index >= 15 is 0 Å². The Hall–Kier alpha value is -1.92. The Balaban J connectivity index is 1.46. The molecule has 154 valence electrons. The van der Waals surface area contributed by atoms with Gasteiger partial charge >= 0.3 is 0 Å². The molecule has 0 bridgehead atoms. The average Bonchev–Trinajstić information content (AvgIpc) is 2.72. The molecule has 0 spiro atoms. The van der Waals surface area contributed by atoms with Crippen LogP contribution in [0.2, 0.25) is 0 Å². The van der Waals surface area contributed by atoms with Crippen molar-refractivity contribution in [2.45, 2.75) is 33.1 Å². The van der Waals surface area contributed by atoms with E-state index in [1.54, 1.807) is 0 Å². The van der Waals surface area contributed by atoms with Crippen molar-refractivity contribution in [3.05, 3.63) is 29.8 Å². The molecule has 2 aliphatic heterocycles. The fourth-order valence-corrected chi connectivity index (χ4v) is 4.16. The number of piperazine rings is 1. The van der Waals surface area contributed by atoms with Crippen LogP contribution in [-0.4, -0.2) is 85.4 Å². The summed E-state index contributed by atoms with van der Waals surface area (Å²) in [5, 5.41) is 0. The maximum atomic E-state index is 12.9. The van der Waals surface area contributed by atoms with Crippen molar-refractivity contribution in [3.8, 4) is 0 Å². The number of hydrogen-bond donors (Lipinski definition) is 0. The number of piperidine rings is 1. The Morgan fingerprint density at radius 3 is 2.11 bits per heavy atom. The van der Waals surface area contributed by atoms with Crippen LogP contribution in [0.4, 0.5) is 5.69 Å². The number of amides is 2. The lowest BCUT2D eigenvalue weighted by molar-refractivity contribution is -0.134. The number of benzene rings is 1. The molecule has 0 N–H and O–H groups in total. The van der Waals surface area contributed by atoms with Gasteiger partial charge in [0.15, 0.2) is 0 Å². The Morgan fingerprint density at radius 1 is 0.893 bits per heavy atom. The van der Waals surface area contributed by atoms with Crippen molar-refractivity contribution in [1.82, 2.24) is 14.7 Å². The number of likely N-dealkylation sites (N-methyl/N-ethyl adjacent to an activating group) is 1. The summed E-state index contributed by atoms with van der Waals surface area (Å²) in [6.07, 6.45) is 3.51. The first-order valence-electron chi connectivity index (χ1n) is 10.7. The SMILES string of the molecule is CCN(C(=O)CN1CCN(CC(=O)N2CCCCC2)CC1)c1ccccc1C. The van der Waals surface area contributed by atoms with Gasteiger partial charge in [-0.1, -0.05) is 18.2 Å². The Kier molecular flexibility index (Phi) is 7.45. The first kappa shape index (κ1) is 20.8. The van der Waals surface area contributed by atoms with Gasteiger partial charge in [-0.15, -0.1) is 0 Å². The highest BCUT2D eigenvalue weighted by Gasteiger charge is 2.25. The third kappa shape index (κ3) is 5.32. The number of carbonyl (C=O) groups is 2. The number of aryl methyl sites for hydroxylation is 1. The molecule has 2 aliphatic rings. The van der Waals surface area contributed by atoms with E-state index < -0.39 is 0 Å². The molecule has 0 aromatic heterocycles. The van der Waals surface area contributed by atoms with Gasteiger partial charge in [0, 0.05) is 51.5 Å². The molecule has 0 saturated carbocycles. The molecule has 1 aromatic carbocycles. The van der Waals surface area contributed by atoms with Crippen molar-refractivity contribution in [3.63, 3.8) is 0 Å². The van der Waals surface area contributed by atoms with Crippen LogP contribution in [0.25, 0.3) is 0 Å². The standard InChI is InChI=1S/C22H34N4O2/c1-3-26(20-10-6-5-9-19(20)2)22(28)18-24-15-13-23(14-16-24)17-21(27)25-11-7-4-8-12-25/h5-6,9-10H,3-4,7-8,11-18H2,1-2H3. The maximum Gasteiger partial charge on any atom is 0.241 e. The number of anilines is 1. The minimum atomic E-state index is 0.148. The average molecular weight is 387 g/mol. The van der Waals surface area contributed by atoms with E-state index in [-0.39, 0.29) is 11.8 Å². The van der Waals surface area contributed by atoms with E-state index in [2.05, 4.69) is 9.80 Å². The highest BCUT2D eigenvalue weighted by atomic mass is 16.2. The number of likely N-dealkylation sites (tertiary alicyclic amines) is 1. The van der Waals surface area contributed by atoms with Gasteiger partial charge in [0.05, 0.1) is 13.1 Å². The van der Waals surface area contributed by atoms with Gasteiger partial charge in [0.25, 0.3) is 0 Å². The molecule has 2 saturated heterocycles. The second-order valence-electron chi connectivity index (χ2n) is 7.92. The lowest BCUT2D eigenvalue weighted by Crippen LogP contribution is -2.52. The molecular formula is C22H34N4O2. The summed E-state index contributed by atoms with van der Waals surface area (Å²) in [7, 11) is 0. The fraction of sp³-hybridized carbons (Fsp3) is 0.636. The number of hydrogen-bond acceptors (Lipinski definition) is 4. The van der Waals surface area contributed by atoms with Gasteiger partial charge in [-0.3, -0.25) is 19.4 Å². The van der Waals surface area contributed by atoms with Crippen LogP contribution in [0.15, 0.2) is 24.3 Å². The summed E-state index contributed by atoms with van der Waals surface area (Å²) in [6, 6.07) is 8.04. The molecule has 2 fully saturated rings. The van der Waals surface area contributed by atoms with Crippen molar-refractivity contribution in [2.24, 2.45) is 0 Å². The number of nitrogens with zero attached hydrogens (tertiary/aromatic N) is 4. The highest BCUT2D eigenvalue weighted by molar-refractivity contribution is 5.95. The van der Waals surface area contributed by atoms with Crippen LogP contribution < -0.4 is 4.90 Å². The monoisotopic (exact) mass is 386 g/mol. The zero-order valence-corrected chi connectivity index (χ0v) is 17.4. The molecule has 0 unspecified atom stereocenters. The zero-order chi connectivity index (χ0) is 19.9. The number of para-hydroxylation sites is 1. The van der Waals surface area contributed by atoms with E-state index in [9.17, 15) is 9.59 Å². The fourth-order valence-electron chi connectivity index (χ4n) is 4.16. The van der Waals surface area contributed by atoms with Crippen LogP contribution in [0.3, 0.4) is 0 Å². The van der Waals surface area contributed by atoms with Gasteiger partial charge < -0.3 is 9.80 Å². The lowest BCUT2D eigenvalue weighted by Gasteiger charge is -2.36. The van der Waals surface area contributed by atoms with E-state index in [0.29, 0.717) is 19.6 Å². The summed E-state index contributed by atoms with van der Waals surface area (Å²) < 4.78 is 0. The molecule has 1 aromatic rings. The van der Waals surface area contributed by atoms with E-state index in [0.717, 1.165) is 63.4 Å². The molecule has 3 rings (SSSR count). The minimum Gasteiger partial charge on any atom is -0.342 e. The molecule has 2 heterocycles. The van der Waals surface area contributed by atoms with Gasteiger partial charge in [-0.05, 0) is 44.7 Å². The Bertz CT molecular complexity index is 664. The molecule has 0 aliphatic carbocycles. The molecule has 6 heteroatoms. The topological polar surface area (TPSA) is 47.1 Å². The summed E-state index contributed by atoms with van der Waals surface area (Å²) in [5.41, 5.74) is 2.12. The van der Waals surface area contributed by atoms with Crippen molar-refractivity contribution in [2.75, 3.05) is 63.8 Å². The molecule has 0 atom stereocenters. The van der Waals surface area contributed by atoms with Crippen molar-refractivity contribution in [1.29, 1.82) is 0 Å². The summed E-state index contributed by atoms with van der Waals surface area (Å²) in [5.74, 6) is 0.413. The molecule has 28 heavy (non-hydrogen) atoms. The van der Waals surface area contributed by atoms with Gasteiger partial charge in [0.1, 0.15) is 0 Å². The largest absolute Gasteiger partial charge is 0.342 e. The smallest absolute Gasteiger partial charge is 0.241 e. The number of rotatable bonds is 6. The quantitative estimate of drug-likeness (QED) is 0.750. The van der Waals surface area contributed by atoms with E-state index in [1.807, 2.05) is 47.9 Å². The summed E-state index contributed by atoms with van der Waals surface area (Å²) in [6.45, 7) is 10.9. The first-order chi connectivity index (χ1) is 13.6. The van der Waals surface area contributed by atoms with Crippen LogP contribution in [-0.2, 0) is 9.59 Å². The second kappa shape index (κ2) is 10.0. The highest BCUT2D eigenvalue weighted by Crippen LogP contribution is 2.19. The second-order valence-corrected chi connectivity index (χ2v) is 7.92. The van der Waals surface area contributed by atoms with Crippen LogP contribution in [0, 0.1) is 6.92 Å². The van der Waals surface area contributed by atoms with Gasteiger partial charge in [-0.2, -0.15) is 0 Å². The van der Waals surface area contributed by atoms with Crippen molar-refractivity contribution >= 4 is 17.5 Å². The number of carbonyl (C=O) groups excluding carboxylic acids is 2. The summed E-state index contributed by atoms with van der Waals surface area (Å²) in [4.78, 5) is 33.7. The normalized spacial score (nSPS) is 18.9. The molecule has 0 radical (unpaired) electrons. The third-order valence-electron chi connectivity index (χ3n) is 5.91. The third-order valence-corrected chi connectivity index (χ3v) is 5.91. The predicted molar refractivity (Wildman–Crippen MR) is 113 cm³/mol. The summed E-state index contributed by atoms with van der Waals surface area (Å²) >= 11 is 0. The Labute approximate surface area is 169 Å². The van der Waals surface area contributed by atoms with Crippen LogP contribution >= 0.6 is 0 Å². The van der Waals surface area contributed by atoms with Crippen molar-refractivity contribution < 1.29 is 9.59 Å². The maximum absolute atomic E-state index is 12.9. The molecule has 2 amide bonds. The van der Waals surface area contributed by atoms with Crippen LogP contribution in [0.5, 0.6) is 0 Å². The molecule has 6 nitrogen and oxygen atoms in total. The van der Waals surface area contributed by atoms with Gasteiger partial charge in [-0.25, -0.2) is 0 Å². The Morgan fingerprint density at radius 2 is 1.50 bits per heavy atom. The van der Waals surface area contributed by atoms with E-state index in [4.69, 9.17) is 0 Å². The lowest BCUT2D eigenvalue weighted by atomic mass is 10.1. The van der Waals surface area contributed by atoms with Crippen LogP contribution in [0.1, 0.15) is 31.7 Å².